The van der Waals surface area contributed by atoms with Crippen LogP contribution in [0.5, 0.6) is 0 Å². The van der Waals surface area contributed by atoms with Crippen molar-refractivity contribution < 1.29 is 4.74 Å². The van der Waals surface area contributed by atoms with Crippen LogP contribution in [-0.4, -0.2) is 17.1 Å². The number of fused-ring (bicyclic) bond motifs is 1. The van der Waals surface area contributed by atoms with Gasteiger partial charge in [0.25, 0.3) is 5.56 Å². The van der Waals surface area contributed by atoms with E-state index in [0.717, 1.165) is 42.5 Å². The second kappa shape index (κ2) is 5.59. The van der Waals surface area contributed by atoms with Crippen LogP contribution in [0.1, 0.15) is 41.6 Å². The molecule has 4 heteroatoms. The van der Waals surface area contributed by atoms with Gasteiger partial charge in [0.2, 0.25) is 0 Å². The van der Waals surface area contributed by atoms with E-state index in [1.807, 2.05) is 30.3 Å². The molecule has 1 heterocycles. The van der Waals surface area contributed by atoms with Crippen molar-refractivity contribution in [3.05, 3.63) is 63.3 Å². The third-order valence-corrected chi connectivity index (χ3v) is 3.80. The second-order valence-corrected chi connectivity index (χ2v) is 5.11. The van der Waals surface area contributed by atoms with Gasteiger partial charge in [0.1, 0.15) is 11.9 Å². The molecule has 1 aromatic heterocycles. The number of hydrogen-bond acceptors (Lipinski definition) is 3. The summed E-state index contributed by atoms with van der Waals surface area (Å²) in [4.78, 5) is 19.7. The van der Waals surface area contributed by atoms with Crippen LogP contribution in [0, 0.1) is 0 Å². The smallest absolute Gasteiger partial charge is 0.254 e. The zero-order chi connectivity index (χ0) is 13.9. The lowest BCUT2D eigenvalue weighted by atomic mass is 9.97. The van der Waals surface area contributed by atoms with E-state index in [-0.39, 0.29) is 11.7 Å². The summed E-state index contributed by atoms with van der Waals surface area (Å²) in [5.41, 5.74) is 2.77. The maximum absolute atomic E-state index is 12.2. The molecule has 1 unspecified atom stereocenters. The van der Waals surface area contributed by atoms with Crippen molar-refractivity contribution in [1.29, 1.82) is 0 Å². The normalized spacial score (nSPS) is 15.7. The molecule has 1 aliphatic rings. The van der Waals surface area contributed by atoms with Crippen LogP contribution in [0.2, 0.25) is 0 Å². The summed E-state index contributed by atoms with van der Waals surface area (Å²) < 4.78 is 5.54. The number of ether oxygens (including phenoxy) is 1. The molecule has 0 amide bonds. The van der Waals surface area contributed by atoms with Gasteiger partial charge in [0.05, 0.1) is 5.69 Å². The fourth-order valence-corrected chi connectivity index (χ4v) is 2.78. The third-order valence-electron chi connectivity index (χ3n) is 3.80. The summed E-state index contributed by atoms with van der Waals surface area (Å²) in [7, 11) is 1.64. The number of hydrogen-bond donors (Lipinski definition) is 1. The molecule has 0 aliphatic heterocycles. The van der Waals surface area contributed by atoms with E-state index >= 15 is 0 Å². The maximum Gasteiger partial charge on any atom is 0.254 e. The summed E-state index contributed by atoms with van der Waals surface area (Å²) in [5.74, 6) is 0.601. The first-order valence-corrected chi connectivity index (χ1v) is 6.99. The highest BCUT2D eigenvalue weighted by molar-refractivity contribution is 5.26. The van der Waals surface area contributed by atoms with Gasteiger partial charge >= 0.3 is 0 Å². The number of aromatic nitrogens is 2. The maximum atomic E-state index is 12.2. The Balaban J connectivity index is 2.05. The molecule has 1 aliphatic carbocycles. The number of methoxy groups -OCH3 is 1. The lowest BCUT2D eigenvalue weighted by molar-refractivity contribution is 0.128. The van der Waals surface area contributed by atoms with Crippen LogP contribution in [-0.2, 0) is 17.6 Å². The van der Waals surface area contributed by atoms with Crippen LogP contribution < -0.4 is 5.56 Å². The standard InChI is InChI=1S/C16H18N2O2/c1-20-14(11-7-3-2-4-8-11)15-17-13-10-6-5-9-12(13)16(19)18-15/h2-4,7-8,14H,5-6,9-10H2,1H3,(H,17,18,19). The molecule has 0 bridgehead atoms. The highest BCUT2D eigenvalue weighted by Gasteiger charge is 2.21. The minimum absolute atomic E-state index is 0.0114. The fraction of sp³-hybridized carbons (Fsp3) is 0.375. The second-order valence-electron chi connectivity index (χ2n) is 5.11. The van der Waals surface area contributed by atoms with E-state index in [2.05, 4.69) is 9.97 Å². The minimum Gasteiger partial charge on any atom is -0.369 e. The molecule has 0 saturated heterocycles. The lowest BCUT2D eigenvalue weighted by Gasteiger charge is -2.19. The molecule has 20 heavy (non-hydrogen) atoms. The van der Waals surface area contributed by atoms with Gasteiger partial charge < -0.3 is 9.72 Å². The summed E-state index contributed by atoms with van der Waals surface area (Å²) in [6, 6.07) is 9.83. The molecule has 104 valence electrons. The van der Waals surface area contributed by atoms with Gasteiger partial charge in [-0.15, -0.1) is 0 Å². The molecule has 0 spiro atoms. The van der Waals surface area contributed by atoms with E-state index in [1.54, 1.807) is 7.11 Å². The highest BCUT2D eigenvalue weighted by Crippen LogP contribution is 2.23. The molecule has 1 N–H and O–H groups in total. The first-order chi connectivity index (χ1) is 9.79. The van der Waals surface area contributed by atoms with E-state index in [1.165, 1.54) is 0 Å². The summed E-state index contributed by atoms with van der Waals surface area (Å²) in [6.45, 7) is 0. The van der Waals surface area contributed by atoms with Crippen molar-refractivity contribution in [2.45, 2.75) is 31.8 Å². The number of H-pyrrole nitrogens is 1. The SMILES string of the molecule is COC(c1ccccc1)c1nc2c(c(=O)[nH]1)CCCC2. The molecular weight excluding hydrogens is 252 g/mol. The van der Waals surface area contributed by atoms with E-state index in [0.29, 0.717) is 5.82 Å². The first-order valence-electron chi connectivity index (χ1n) is 6.99. The zero-order valence-corrected chi connectivity index (χ0v) is 11.6. The van der Waals surface area contributed by atoms with Crippen molar-refractivity contribution in [1.82, 2.24) is 9.97 Å². The third kappa shape index (κ3) is 2.39. The Morgan fingerprint density at radius 1 is 1.20 bits per heavy atom. The number of nitrogens with zero attached hydrogens (tertiary/aromatic N) is 1. The molecule has 1 atom stereocenters. The van der Waals surface area contributed by atoms with E-state index in [9.17, 15) is 4.79 Å². The number of nitrogens with one attached hydrogen (secondary N) is 1. The van der Waals surface area contributed by atoms with E-state index < -0.39 is 0 Å². The van der Waals surface area contributed by atoms with Crippen LogP contribution in [0.15, 0.2) is 35.1 Å². The molecule has 2 aromatic rings. The average Bonchev–Trinajstić information content (AvgIpc) is 2.49. The van der Waals surface area contributed by atoms with Crippen LogP contribution >= 0.6 is 0 Å². The largest absolute Gasteiger partial charge is 0.369 e. The number of rotatable bonds is 3. The Hall–Kier alpha value is -1.94. The van der Waals surface area contributed by atoms with Crippen LogP contribution in [0.25, 0.3) is 0 Å². The Morgan fingerprint density at radius 2 is 1.95 bits per heavy atom. The Kier molecular flexibility index (Phi) is 3.65. The first kappa shape index (κ1) is 13.1. The van der Waals surface area contributed by atoms with Crippen LogP contribution in [0.3, 0.4) is 0 Å². The average molecular weight is 270 g/mol. The predicted octanol–water partition coefficient (Wildman–Crippen LogP) is 2.38. The van der Waals surface area contributed by atoms with Crippen LogP contribution in [0.4, 0.5) is 0 Å². The molecule has 0 radical (unpaired) electrons. The van der Waals surface area contributed by atoms with Gasteiger partial charge in [-0.2, -0.15) is 0 Å². The van der Waals surface area contributed by atoms with Crippen molar-refractivity contribution in [2.75, 3.05) is 7.11 Å². The van der Waals surface area contributed by atoms with Gasteiger partial charge in [0, 0.05) is 12.7 Å². The Bertz CT molecular complexity index is 649. The quantitative estimate of drug-likeness (QED) is 0.931. The Morgan fingerprint density at radius 3 is 2.70 bits per heavy atom. The van der Waals surface area contributed by atoms with Crippen molar-refractivity contribution >= 4 is 0 Å². The van der Waals surface area contributed by atoms with Gasteiger partial charge in [-0.3, -0.25) is 4.79 Å². The van der Waals surface area contributed by atoms with Gasteiger partial charge in [-0.25, -0.2) is 4.98 Å². The molecule has 0 saturated carbocycles. The van der Waals surface area contributed by atoms with Crippen molar-refractivity contribution in [3.63, 3.8) is 0 Å². The van der Waals surface area contributed by atoms with E-state index in [4.69, 9.17) is 4.74 Å². The van der Waals surface area contributed by atoms with Crippen molar-refractivity contribution in [3.8, 4) is 0 Å². The summed E-state index contributed by atoms with van der Waals surface area (Å²) in [6.07, 6.45) is 3.57. The topological polar surface area (TPSA) is 55.0 Å². The lowest BCUT2D eigenvalue weighted by Crippen LogP contribution is -2.24. The van der Waals surface area contributed by atoms with Gasteiger partial charge in [-0.1, -0.05) is 30.3 Å². The minimum atomic E-state index is -0.323. The molecular formula is C16H18N2O2. The zero-order valence-electron chi connectivity index (χ0n) is 11.6. The molecule has 0 fully saturated rings. The fourth-order valence-electron chi connectivity index (χ4n) is 2.78. The predicted molar refractivity (Wildman–Crippen MR) is 76.8 cm³/mol. The Labute approximate surface area is 117 Å². The number of aryl methyl sites for hydroxylation is 1. The number of benzene rings is 1. The molecule has 1 aromatic carbocycles. The molecule has 3 rings (SSSR count). The highest BCUT2D eigenvalue weighted by atomic mass is 16.5. The summed E-state index contributed by atoms with van der Waals surface area (Å²) in [5, 5.41) is 0. The van der Waals surface area contributed by atoms with Crippen molar-refractivity contribution in [2.24, 2.45) is 0 Å². The number of aromatic amines is 1. The summed E-state index contributed by atoms with van der Waals surface area (Å²) >= 11 is 0. The van der Waals surface area contributed by atoms with Gasteiger partial charge in [0.15, 0.2) is 0 Å². The molecule has 4 nitrogen and oxygen atoms in total. The van der Waals surface area contributed by atoms with Gasteiger partial charge in [-0.05, 0) is 31.2 Å². The monoisotopic (exact) mass is 270 g/mol.